The second-order valence-corrected chi connectivity index (χ2v) is 6.54. The number of carbonyl (C=O) groups excluding carboxylic acids is 1. The van der Waals surface area contributed by atoms with E-state index in [1.54, 1.807) is 6.20 Å². The van der Waals surface area contributed by atoms with Gasteiger partial charge in [0, 0.05) is 31.0 Å². The Morgan fingerprint density at radius 1 is 1.25 bits per heavy atom. The van der Waals surface area contributed by atoms with Gasteiger partial charge in [0.15, 0.2) is 0 Å². The number of hydrogen-bond donors (Lipinski definition) is 1. The number of benzene rings is 1. The number of nitrogens with zero attached hydrogens (tertiary/aromatic N) is 2. The van der Waals surface area contributed by atoms with Crippen molar-refractivity contribution in [2.45, 2.75) is 32.2 Å². The summed E-state index contributed by atoms with van der Waals surface area (Å²) in [5.41, 5.74) is 2.94. The van der Waals surface area contributed by atoms with Crippen LogP contribution in [0.25, 0.3) is 0 Å². The third-order valence-electron chi connectivity index (χ3n) is 4.57. The first-order valence-corrected chi connectivity index (χ1v) is 8.70. The van der Waals surface area contributed by atoms with Crippen LogP contribution in [-0.4, -0.2) is 41.5 Å². The van der Waals surface area contributed by atoms with Gasteiger partial charge in [-0.2, -0.15) is 0 Å². The Morgan fingerprint density at radius 2 is 2.08 bits per heavy atom. The Bertz CT molecular complexity index is 654. The van der Waals surface area contributed by atoms with E-state index in [9.17, 15) is 4.79 Å². The molecule has 1 aliphatic rings. The standard InChI is InChI=1S/C20H25N3O/c1-16-9-10-18(14-21-16)20(24)22-19-8-5-12-23(15-19)13-11-17-6-3-2-4-7-17/h2-4,6-7,9-10,14,19H,5,8,11-13,15H2,1H3,(H,22,24)/t19-/m0/s1. The number of hydrogen-bond acceptors (Lipinski definition) is 3. The number of likely N-dealkylation sites (tertiary alicyclic amines) is 1. The molecule has 1 aliphatic heterocycles. The fraction of sp³-hybridized carbons (Fsp3) is 0.400. The molecule has 4 nitrogen and oxygen atoms in total. The van der Waals surface area contributed by atoms with E-state index in [0.29, 0.717) is 5.56 Å². The highest BCUT2D eigenvalue weighted by molar-refractivity contribution is 5.94. The van der Waals surface area contributed by atoms with Gasteiger partial charge in [0.1, 0.15) is 0 Å². The summed E-state index contributed by atoms with van der Waals surface area (Å²) >= 11 is 0. The molecule has 1 aromatic carbocycles. The molecule has 1 saturated heterocycles. The number of aromatic nitrogens is 1. The van der Waals surface area contributed by atoms with Gasteiger partial charge >= 0.3 is 0 Å². The van der Waals surface area contributed by atoms with E-state index < -0.39 is 0 Å². The third kappa shape index (κ3) is 4.65. The van der Waals surface area contributed by atoms with Gasteiger partial charge in [0.25, 0.3) is 5.91 Å². The molecule has 0 radical (unpaired) electrons. The van der Waals surface area contributed by atoms with Gasteiger partial charge in [-0.1, -0.05) is 30.3 Å². The van der Waals surface area contributed by atoms with Crippen molar-refractivity contribution in [2.24, 2.45) is 0 Å². The molecule has 0 spiro atoms. The van der Waals surface area contributed by atoms with E-state index >= 15 is 0 Å². The zero-order valence-corrected chi connectivity index (χ0v) is 14.2. The summed E-state index contributed by atoms with van der Waals surface area (Å²) in [5, 5.41) is 3.16. The van der Waals surface area contributed by atoms with Gasteiger partial charge < -0.3 is 10.2 Å². The van der Waals surface area contributed by atoms with Crippen LogP contribution in [0.1, 0.15) is 34.5 Å². The van der Waals surface area contributed by atoms with Gasteiger partial charge in [0.2, 0.25) is 0 Å². The predicted molar refractivity (Wildman–Crippen MR) is 96.0 cm³/mol. The lowest BCUT2D eigenvalue weighted by atomic mass is 10.0. The normalized spacial score (nSPS) is 18.3. The Labute approximate surface area is 143 Å². The molecule has 1 N–H and O–H groups in total. The van der Waals surface area contributed by atoms with Crippen LogP contribution in [0.5, 0.6) is 0 Å². The van der Waals surface area contributed by atoms with Crippen LogP contribution in [0.2, 0.25) is 0 Å². The Balaban J connectivity index is 1.50. The van der Waals surface area contributed by atoms with Crippen LogP contribution in [-0.2, 0) is 6.42 Å². The zero-order chi connectivity index (χ0) is 16.8. The number of amides is 1. The molecule has 3 rings (SSSR count). The Morgan fingerprint density at radius 3 is 2.83 bits per heavy atom. The van der Waals surface area contributed by atoms with Crippen LogP contribution < -0.4 is 5.32 Å². The first-order chi connectivity index (χ1) is 11.7. The lowest BCUT2D eigenvalue weighted by Gasteiger charge is -2.33. The molecule has 2 aromatic rings. The largest absolute Gasteiger partial charge is 0.348 e. The van der Waals surface area contributed by atoms with Crippen molar-refractivity contribution in [3.05, 3.63) is 65.5 Å². The molecule has 24 heavy (non-hydrogen) atoms. The zero-order valence-electron chi connectivity index (χ0n) is 14.2. The summed E-state index contributed by atoms with van der Waals surface area (Å²) in [6.45, 7) is 5.01. The molecule has 1 atom stereocenters. The summed E-state index contributed by atoms with van der Waals surface area (Å²) in [4.78, 5) is 19.0. The molecule has 1 aromatic heterocycles. The molecule has 2 heterocycles. The summed E-state index contributed by atoms with van der Waals surface area (Å²) in [7, 11) is 0. The molecular weight excluding hydrogens is 298 g/mol. The molecule has 0 bridgehead atoms. The van der Waals surface area contributed by atoms with Crippen molar-refractivity contribution < 1.29 is 4.79 Å². The van der Waals surface area contributed by atoms with Crippen molar-refractivity contribution in [3.63, 3.8) is 0 Å². The van der Waals surface area contributed by atoms with Crippen LogP contribution in [0.3, 0.4) is 0 Å². The second kappa shape index (κ2) is 8.06. The van der Waals surface area contributed by atoms with E-state index in [4.69, 9.17) is 0 Å². The molecule has 1 amide bonds. The number of carbonyl (C=O) groups is 1. The van der Waals surface area contributed by atoms with Gasteiger partial charge in [-0.25, -0.2) is 0 Å². The quantitative estimate of drug-likeness (QED) is 0.920. The monoisotopic (exact) mass is 323 g/mol. The highest BCUT2D eigenvalue weighted by Gasteiger charge is 2.21. The first kappa shape index (κ1) is 16.7. The van der Waals surface area contributed by atoms with E-state index in [1.165, 1.54) is 5.56 Å². The minimum atomic E-state index is -0.0163. The topological polar surface area (TPSA) is 45.2 Å². The maximum atomic E-state index is 12.3. The predicted octanol–water partition coefficient (Wildman–Crippen LogP) is 2.83. The van der Waals surface area contributed by atoms with Crippen LogP contribution in [0.15, 0.2) is 48.7 Å². The number of aryl methyl sites for hydroxylation is 1. The average Bonchev–Trinajstić information content (AvgIpc) is 2.62. The van der Waals surface area contributed by atoms with Gasteiger partial charge in [-0.15, -0.1) is 0 Å². The van der Waals surface area contributed by atoms with Gasteiger partial charge in [-0.3, -0.25) is 9.78 Å². The summed E-state index contributed by atoms with van der Waals surface area (Å²) in [6, 6.07) is 14.5. The molecule has 0 saturated carbocycles. The minimum Gasteiger partial charge on any atom is -0.348 e. The lowest BCUT2D eigenvalue weighted by molar-refractivity contribution is 0.0904. The van der Waals surface area contributed by atoms with Crippen molar-refractivity contribution in [1.29, 1.82) is 0 Å². The van der Waals surface area contributed by atoms with Crippen LogP contribution in [0.4, 0.5) is 0 Å². The van der Waals surface area contributed by atoms with E-state index in [0.717, 1.165) is 44.6 Å². The van der Waals surface area contributed by atoms with Gasteiger partial charge in [0.05, 0.1) is 5.56 Å². The number of nitrogens with one attached hydrogen (secondary N) is 1. The lowest BCUT2D eigenvalue weighted by Crippen LogP contribution is -2.48. The summed E-state index contributed by atoms with van der Waals surface area (Å²) in [5.74, 6) is -0.0163. The molecule has 4 heteroatoms. The molecule has 126 valence electrons. The molecular formula is C20H25N3O. The highest BCUT2D eigenvalue weighted by Crippen LogP contribution is 2.12. The minimum absolute atomic E-state index is 0.0163. The second-order valence-electron chi connectivity index (χ2n) is 6.54. The summed E-state index contributed by atoms with van der Waals surface area (Å²) in [6.07, 6.45) is 4.89. The van der Waals surface area contributed by atoms with Crippen molar-refractivity contribution in [2.75, 3.05) is 19.6 Å². The highest BCUT2D eigenvalue weighted by atomic mass is 16.1. The van der Waals surface area contributed by atoms with Crippen LogP contribution >= 0.6 is 0 Å². The Kier molecular flexibility index (Phi) is 5.59. The number of piperidine rings is 1. The fourth-order valence-electron chi connectivity index (χ4n) is 3.18. The van der Waals surface area contributed by atoms with E-state index in [-0.39, 0.29) is 11.9 Å². The molecule has 0 aliphatic carbocycles. The molecule has 1 fully saturated rings. The van der Waals surface area contributed by atoms with E-state index in [1.807, 2.05) is 19.1 Å². The summed E-state index contributed by atoms with van der Waals surface area (Å²) < 4.78 is 0. The van der Waals surface area contributed by atoms with Crippen molar-refractivity contribution in [3.8, 4) is 0 Å². The first-order valence-electron chi connectivity index (χ1n) is 8.70. The number of pyridine rings is 1. The van der Waals surface area contributed by atoms with Crippen LogP contribution in [0, 0.1) is 6.92 Å². The SMILES string of the molecule is Cc1ccc(C(=O)N[C@H]2CCCN(CCc3ccccc3)C2)cn1. The van der Waals surface area contributed by atoms with Gasteiger partial charge in [-0.05, 0) is 50.4 Å². The Hall–Kier alpha value is -2.20. The molecule has 0 unspecified atom stereocenters. The number of rotatable bonds is 5. The smallest absolute Gasteiger partial charge is 0.253 e. The third-order valence-corrected chi connectivity index (χ3v) is 4.57. The maximum absolute atomic E-state index is 12.3. The maximum Gasteiger partial charge on any atom is 0.253 e. The van der Waals surface area contributed by atoms with E-state index in [2.05, 4.69) is 45.5 Å². The van der Waals surface area contributed by atoms with Crippen molar-refractivity contribution >= 4 is 5.91 Å². The average molecular weight is 323 g/mol. The van der Waals surface area contributed by atoms with Crippen molar-refractivity contribution in [1.82, 2.24) is 15.2 Å². The fourth-order valence-corrected chi connectivity index (χ4v) is 3.18.